The Morgan fingerprint density at radius 2 is 2.13 bits per heavy atom. The fraction of sp³-hybridized carbons (Fsp3) is 0.385. The Morgan fingerprint density at radius 1 is 1.47 bits per heavy atom. The number of nitriles is 1. The van der Waals surface area contributed by atoms with E-state index in [0.717, 1.165) is 24.0 Å². The molecule has 2 heteroatoms. The summed E-state index contributed by atoms with van der Waals surface area (Å²) < 4.78 is 0. The highest BCUT2D eigenvalue weighted by molar-refractivity contribution is 5.92. The standard InChI is InChI=1S/C13H13NO/c1-9-4-2-3-5-11(9)12(8-14)13(15)10-6-7-10/h2-5,10,12H,6-7H2,1H3/t12-/m1/s1. The number of Topliss-reactive ketones (excluding diaryl/α,β-unsaturated/α-hetero) is 1. The van der Waals surface area contributed by atoms with Gasteiger partial charge < -0.3 is 0 Å². The third-order valence-electron chi connectivity index (χ3n) is 2.89. The molecule has 1 saturated carbocycles. The van der Waals surface area contributed by atoms with Crippen molar-refractivity contribution >= 4 is 5.78 Å². The second kappa shape index (κ2) is 3.86. The van der Waals surface area contributed by atoms with Crippen LogP contribution >= 0.6 is 0 Å². The smallest absolute Gasteiger partial charge is 0.157 e. The molecule has 0 heterocycles. The van der Waals surface area contributed by atoms with Gasteiger partial charge in [0.2, 0.25) is 0 Å². The molecule has 0 aromatic heterocycles. The molecular weight excluding hydrogens is 186 g/mol. The van der Waals surface area contributed by atoms with E-state index in [9.17, 15) is 4.79 Å². The largest absolute Gasteiger partial charge is 0.298 e. The third kappa shape index (κ3) is 1.92. The minimum atomic E-state index is -0.557. The molecule has 76 valence electrons. The Balaban J connectivity index is 2.31. The molecule has 1 aliphatic rings. The summed E-state index contributed by atoms with van der Waals surface area (Å²) in [6, 6.07) is 9.76. The van der Waals surface area contributed by atoms with Crippen LogP contribution in [0.15, 0.2) is 24.3 Å². The van der Waals surface area contributed by atoms with E-state index in [1.54, 1.807) is 0 Å². The van der Waals surface area contributed by atoms with E-state index >= 15 is 0 Å². The SMILES string of the molecule is Cc1ccccc1[C@@H](C#N)C(=O)C1CC1. The first kappa shape index (κ1) is 9.92. The van der Waals surface area contributed by atoms with Gasteiger partial charge in [-0.3, -0.25) is 4.79 Å². The molecule has 1 aromatic carbocycles. The van der Waals surface area contributed by atoms with Gasteiger partial charge in [-0.1, -0.05) is 24.3 Å². The molecule has 15 heavy (non-hydrogen) atoms. The first-order chi connectivity index (χ1) is 7.24. The molecule has 0 saturated heterocycles. The van der Waals surface area contributed by atoms with Gasteiger partial charge in [0.05, 0.1) is 6.07 Å². The second-order valence-electron chi connectivity index (χ2n) is 4.10. The minimum absolute atomic E-state index is 0.104. The third-order valence-corrected chi connectivity index (χ3v) is 2.89. The fourth-order valence-electron chi connectivity index (χ4n) is 1.80. The second-order valence-corrected chi connectivity index (χ2v) is 4.10. The van der Waals surface area contributed by atoms with Crippen molar-refractivity contribution in [2.75, 3.05) is 0 Å². The number of carbonyl (C=O) groups is 1. The number of nitrogens with zero attached hydrogens (tertiary/aromatic N) is 1. The summed E-state index contributed by atoms with van der Waals surface area (Å²) in [5, 5.41) is 9.08. The molecule has 0 aliphatic heterocycles. The van der Waals surface area contributed by atoms with Crippen LogP contribution in [0.4, 0.5) is 0 Å². The molecule has 0 amide bonds. The van der Waals surface area contributed by atoms with Gasteiger partial charge in [-0.05, 0) is 30.9 Å². The van der Waals surface area contributed by atoms with E-state index in [0.29, 0.717) is 0 Å². The molecule has 0 unspecified atom stereocenters. The van der Waals surface area contributed by atoms with Crippen LogP contribution in [-0.2, 0) is 4.79 Å². The molecule has 0 radical (unpaired) electrons. The maximum absolute atomic E-state index is 11.9. The number of hydrogen-bond acceptors (Lipinski definition) is 2. The summed E-state index contributed by atoms with van der Waals surface area (Å²) in [5.74, 6) is -0.306. The first-order valence-corrected chi connectivity index (χ1v) is 5.23. The molecule has 1 aromatic rings. The van der Waals surface area contributed by atoms with Crippen LogP contribution in [-0.4, -0.2) is 5.78 Å². The highest BCUT2D eigenvalue weighted by Gasteiger charge is 2.35. The number of rotatable bonds is 3. The van der Waals surface area contributed by atoms with Gasteiger partial charge in [-0.2, -0.15) is 5.26 Å². The Kier molecular flexibility index (Phi) is 2.55. The zero-order valence-electron chi connectivity index (χ0n) is 8.73. The van der Waals surface area contributed by atoms with Crippen molar-refractivity contribution in [3.63, 3.8) is 0 Å². The maximum atomic E-state index is 11.9. The van der Waals surface area contributed by atoms with Crippen molar-refractivity contribution in [3.8, 4) is 6.07 Å². The summed E-state index contributed by atoms with van der Waals surface area (Å²) in [6.07, 6.45) is 1.92. The van der Waals surface area contributed by atoms with Crippen LogP contribution < -0.4 is 0 Å². The Bertz CT molecular complexity index is 426. The summed E-state index contributed by atoms with van der Waals surface area (Å²) in [7, 11) is 0. The van der Waals surface area contributed by atoms with Gasteiger partial charge in [0.25, 0.3) is 0 Å². The van der Waals surface area contributed by atoms with Crippen LogP contribution in [0.3, 0.4) is 0 Å². The lowest BCUT2D eigenvalue weighted by atomic mass is 9.90. The molecular formula is C13H13NO. The molecule has 1 atom stereocenters. The van der Waals surface area contributed by atoms with Crippen LogP contribution in [0.25, 0.3) is 0 Å². The van der Waals surface area contributed by atoms with E-state index in [1.807, 2.05) is 31.2 Å². The van der Waals surface area contributed by atoms with Crippen molar-refractivity contribution < 1.29 is 4.79 Å². The lowest BCUT2D eigenvalue weighted by Crippen LogP contribution is -2.13. The molecule has 1 aliphatic carbocycles. The lowest BCUT2D eigenvalue weighted by molar-refractivity contribution is -0.120. The van der Waals surface area contributed by atoms with Gasteiger partial charge in [-0.15, -0.1) is 0 Å². The van der Waals surface area contributed by atoms with Crippen molar-refractivity contribution in [2.45, 2.75) is 25.7 Å². The molecule has 0 bridgehead atoms. The zero-order valence-corrected chi connectivity index (χ0v) is 8.73. The van der Waals surface area contributed by atoms with Crippen LogP contribution in [0, 0.1) is 24.2 Å². The molecule has 1 fully saturated rings. The number of carbonyl (C=O) groups excluding carboxylic acids is 1. The predicted molar refractivity (Wildman–Crippen MR) is 57.3 cm³/mol. The molecule has 0 N–H and O–H groups in total. The van der Waals surface area contributed by atoms with E-state index < -0.39 is 5.92 Å². The van der Waals surface area contributed by atoms with Crippen molar-refractivity contribution in [2.24, 2.45) is 5.92 Å². The normalized spacial score (nSPS) is 16.8. The highest BCUT2D eigenvalue weighted by atomic mass is 16.1. The van der Waals surface area contributed by atoms with Gasteiger partial charge >= 0.3 is 0 Å². The number of aryl methyl sites for hydroxylation is 1. The summed E-state index contributed by atoms with van der Waals surface area (Å²) in [4.78, 5) is 11.9. The Morgan fingerprint density at radius 3 is 2.67 bits per heavy atom. The van der Waals surface area contributed by atoms with E-state index in [-0.39, 0.29) is 11.7 Å². The quantitative estimate of drug-likeness (QED) is 0.750. The Labute approximate surface area is 89.5 Å². The van der Waals surface area contributed by atoms with E-state index in [4.69, 9.17) is 5.26 Å². The Hall–Kier alpha value is -1.62. The van der Waals surface area contributed by atoms with Crippen LogP contribution in [0.5, 0.6) is 0 Å². The van der Waals surface area contributed by atoms with Gasteiger partial charge in [0.1, 0.15) is 5.92 Å². The maximum Gasteiger partial charge on any atom is 0.157 e. The topological polar surface area (TPSA) is 40.9 Å². The number of ketones is 1. The minimum Gasteiger partial charge on any atom is -0.298 e. The van der Waals surface area contributed by atoms with Crippen molar-refractivity contribution in [1.29, 1.82) is 5.26 Å². The first-order valence-electron chi connectivity index (χ1n) is 5.23. The lowest BCUT2D eigenvalue weighted by Gasteiger charge is -2.10. The molecule has 2 rings (SSSR count). The average Bonchev–Trinajstić information content (AvgIpc) is 3.05. The van der Waals surface area contributed by atoms with Gasteiger partial charge in [0.15, 0.2) is 5.78 Å². The van der Waals surface area contributed by atoms with Crippen molar-refractivity contribution in [1.82, 2.24) is 0 Å². The average molecular weight is 199 g/mol. The number of benzene rings is 1. The molecule has 0 spiro atoms. The van der Waals surface area contributed by atoms with E-state index in [2.05, 4.69) is 6.07 Å². The van der Waals surface area contributed by atoms with Gasteiger partial charge in [-0.25, -0.2) is 0 Å². The monoisotopic (exact) mass is 199 g/mol. The predicted octanol–water partition coefficient (Wildman–Crippen LogP) is 2.58. The zero-order chi connectivity index (χ0) is 10.8. The summed E-state index contributed by atoms with van der Waals surface area (Å²) in [5.41, 5.74) is 1.90. The summed E-state index contributed by atoms with van der Waals surface area (Å²) in [6.45, 7) is 1.94. The molecule has 2 nitrogen and oxygen atoms in total. The van der Waals surface area contributed by atoms with E-state index in [1.165, 1.54) is 0 Å². The van der Waals surface area contributed by atoms with Crippen molar-refractivity contribution in [3.05, 3.63) is 35.4 Å². The highest BCUT2D eigenvalue weighted by Crippen LogP contribution is 2.35. The van der Waals surface area contributed by atoms with Crippen LogP contribution in [0.2, 0.25) is 0 Å². The van der Waals surface area contributed by atoms with Gasteiger partial charge in [0, 0.05) is 5.92 Å². The number of hydrogen-bond donors (Lipinski definition) is 0. The fourth-order valence-corrected chi connectivity index (χ4v) is 1.80. The van der Waals surface area contributed by atoms with Crippen LogP contribution in [0.1, 0.15) is 29.9 Å². The summed E-state index contributed by atoms with van der Waals surface area (Å²) >= 11 is 0.